The van der Waals surface area contributed by atoms with E-state index in [2.05, 4.69) is 10.4 Å². The molecule has 1 N–H and O–H groups in total. The highest BCUT2D eigenvalue weighted by molar-refractivity contribution is 6.30. The number of carbonyl (C=O) groups excluding carboxylic acids is 2. The van der Waals surface area contributed by atoms with Crippen LogP contribution in [0.4, 0.5) is 0 Å². The average Bonchev–Trinajstić information content (AvgIpc) is 2.93. The minimum absolute atomic E-state index is 0.0392. The Hall–Kier alpha value is -2.34. The topological polar surface area (TPSA) is 73.2 Å². The molecule has 0 aliphatic heterocycles. The molecule has 2 rings (SSSR count). The van der Waals surface area contributed by atoms with Gasteiger partial charge in [0.25, 0.3) is 0 Å². The number of rotatable bonds is 9. The zero-order valence-electron chi connectivity index (χ0n) is 15.1. The quantitative estimate of drug-likeness (QED) is 0.678. The zero-order valence-corrected chi connectivity index (χ0v) is 15.9. The van der Waals surface area contributed by atoms with Gasteiger partial charge in [-0.2, -0.15) is 5.10 Å². The van der Waals surface area contributed by atoms with Crippen LogP contribution in [0.25, 0.3) is 5.69 Å². The summed E-state index contributed by atoms with van der Waals surface area (Å²) in [5.74, 6) is -0.390. The number of amides is 1. The van der Waals surface area contributed by atoms with E-state index in [-0.39, 0.29) is 24.9 Å². The number of para-hydroxylation sites is 1. The van der Waals surface area contributed by atoms with Crippen molar-refractivity contribution >= 4 is 23.5 Å². The maximum Gasteiger partial charge on any atom is 0.306 e. The fourth-order valence-corrected chi connectivity index (χ4v) is 2.73. The lowest BCUT2D eigenvalue weighted by Gasteiger charge is -2.06. The van der Waals surface area contributed by atoms with Crippen LogP contribution in [-0.2, 0) is 20.9 Å². The van der Waals surface area contributed by atoms with Gasteiger partial charge in [-0.25, -0.2) is 4.68 Å². The van der Waals surface area contributed by atoms with Crippen molar-refractivity contribution in [2.75, 3.05) is 6.54 Å². The van der Waals surface area contributed by atoms with E-state index < -0.39 is 0 Å². The van der Waals surface area contributed by atoms with Crippen molar-refractivity contribution in [3.63, 3.8) is 0 Å². The molecular formula is C19H24ClN3O3. The molecule has 2 aromatic rings. The summed E-state index contributed by atoms with van der Waals surface area (Å²) in [6, 6.07) is 9.52. The highest BCUT2D eigenvalue weighted by atomic mass is 35.5. The first-order valence-electron chi connectivity index (χ1n) is 8.74. The second-order valence-corrected chi connectivity index (χ2v) is 6.32. The third-order valence-electron chi connectivity index (χ3n) is 3.86. The Kier molecular flexibility index (Phi) is 7.66. The largest absolute Gasteiger partial charge is 0.461 e. The SMILES string of the molecule is CCCNC(=O)CCCC(=O)OCc1c(C)nn(-c2ccccc2)c1Cl. The number of esters is 1. The Bertz CT molecular complexity index is 744. The van der Waals surface area contributed by atoms with Crippen LogP contribution in [0.3, 0.4) is 0 Å². The standard InChI is InChI=1S/C19H24ClN3O3/c1-3-12-21-17(24)10-7-11-18(25)26-13-16-14(2)22-23(19(16)20)15-8-5-4-6-9-15/h4-6,8-9H,3,7,10-13H2,1-2H3,(H,21,24). The Morgan fingerprint density at radius 3 is 2.65 bits per heavy atom. The third kappa shape index (κ3) is 5.59. The van der Waals surface area contributed by atoms with Crippen LogP contribution >= 0.6 is 11.6 Å². The molecule has 0 bridgehead atoms. The number of carbonyl (C=O) groups is 2. The minimum atomic E-state index is -0.351. The highest BCUT2D eigenvalue weighted by Crippen LogP contribution is 2.24. The lowest BCUT2D eigenvalue weighted by molar-refractivity contribution is -0.145. The van der Waals surface area contributed by atoms with Crippen molar-refractivity contribution in [1.29, 1.82) is 0 Å². The van der Waals surface area contributed by atoms with Crippen molar-refractivity contribution in [1.82, 2.24) is 15.1 Å². The molecule has 1 amide bonds. The van der Waals surface area contributed by atoms with E-state index in [1.165, 1.54) is 0 Å². The Balaban J connectivity index is 1.85. The molecule has 6 nitrogen and oxygen atoms in total. The van der Waals surface area contributed by atoms with Crippen molar-refractivity contribution in [3.05, 3.63) is 46.7 Å². The molecule has 0 aliphatic carbocycles. The highest BCUT2D eigenvalue weighted by Gasteiger charge is 2.16. The number of aryl methyl sites for hydroxylation is 1. The maximum atomic E-state index is 11.9. The summed E-state index contributed by atoms with van der Waals surface area (Å²) in [7, 11) is 0. The molecule has 7 heteroatoms. The minimum Gasteiger partial charge on any atom is -0.461 e. The van der Waals surface area contributed by atoms with Gasteiger partial charge in [-0.3, -0.25) is 9.59 Å². The molecule has 0 saturated heterocycles. The van der Waals surface area contributed by atoms with Crippen molar-refractivity contribution in [2.24, 2.45) is 0 Å². The van der Waals surface area contributed by atoms with Crippen LogP contribution in [0.1, 0.15) is 43.9 Å². The first-order chi connectivity index (χ1) is 12.5. The molecule has 0 atom stereocenters. The molecule has 0 unspecified atom stereocenters. The molecule has 1 heterocycles. The van der Waals surface area contributed by atoms with Gasteiger partial charge >= 0.3 is 5.97 Å². The van der Waals surface area contributed by atoms with Crippen molar-refractivity contribution < 1.29 is 14.3 Å². The zero-order chi connectivity index (χ0) is 18.9. The predicted molar refractivity (Wildman–Crippen MR) is 100 cm³/mol. The fraction of sp³-hybridized carbons (Fsp3) is 0.421. The predicted octanol–water partition coefficient (Wildman–Crippen LogP) is 3.57. The van der Waals surface area contributed by atoms with Crippen LogP contribution in [0, 0.1) is 6.92 Å². The summed E-state index contributed by atoms with van der Waals surface area (Å²) in [6.45, 7) is 4.54. The van der Waals surface area contributed by atoms with E-state index in [9.17, 15) is 9.59 Å². The number of hydrogen-bond acceptors (Lipinski definition) is 4. The van der Waals surface area contributed by atoms with E-state index in [4.69, 9.17) is 16.3 Å². The lowest BCUT2D eigenvalue weighted by atomic mass is 10.2. The lowest BCUT2D eigenvalue weighted by Crippen LogP contribution is -2.23. The molecule has 1 aromatic carbocycles. The van der Waals surface area contributed by atoms with E-state index >= 15 is 0 Å². The van der Waals surface area contributed by atoms with Crippen LogP contribution in [-0.4, -0.2) is 28.2 Å². The van der Waals surface area contributed by atoms with Crippen LogP contribution in [0.15, 0.2) is 30.3 Å². The summed E-state index contributed by atoms with van der Waals surface area (Å²) in [6.07, 6.45) is 1.87. The van der Waals surface area contributed by atoms with Crippen LogP contribution < -0.4 is 5.32 Å². The number of aromatic nitrogens is 2. The Labute approximate surface area is 158 Å². The van der Waals surface area contributed by atoms with Crippen molar-refractivity contribution in [3.8, 4) is 5.69 Å². The molecule has 1 aromatic heterocycles. The first-order valence-corrected chi connectivity index (χ1v) is 9.12. The summed E-state index contributed by atoms with van der Waals surface area (Å²) in [5, 5.41) is 7.62. The Morgan fingerprint density at radius 1 is 1.23 bits per heavy atom. The summed E-state index contributed by atoms with van der Waals surface area (Å²) in [4.78, 5) is 23.4. The molecule has 26 heavy (non-hydrogen) atoms. The van der Waals surface area contributed by atoms with Gasteiger partial charge < -0.3 is 10.1 Å². The number of halogens is 1. The summed E-state index contributed by atoms with van der Waals surface area (Å²) >= 11 is 6.40. The van der Waals surface area contributed by atoms with Gasteiger partial charge in [0.1, 0.15) is 11.8 Å². The third-order valence-corrected chi connectivity index (χ3v) is 4.25. The van der Waals surface area contributed by atoms with Crippen LogP contribution in [0.2, 0.25) is 5.15 Å². The molecule has 0 saturated carbocycles. The van der Waals surface area contributed by atoms with Gasteiger partial charge in [-0.15, -0.1) is 0 Å². The van der Waals surface area contributed by atoms with Gasteiger partial charge in [-0.05, 0) is 31.9 Å². The van der Waals surface area contributed by atoms with E-state index in [0.717, 1.165) is 12.1 Å². The van der Waals surface area contributed by atoms with Crippen LogP contribution in [0.5, 0.6) is 0 Å². The van der Waals surface area contributed by atoms with Gasteiger partial charge in [0.05, 0.1) is 11.4 Å². The maximum absolute atomic E-state index is 11.9. The van der Waals surface area contributed by atoms with E-state index in [0.29, 0.717) is 35.8 Å². The molecule has 140 valence electrons. The molecule has 0 radical (unpaired) electrons. The fourth-order valence-electron chi connectivity index (χ4n) is 2.41. The molecular weight excluding hydrogens is 354 g/mol. The summed E-state index contributed by atoms with van der Waals surface area (Å²) < 4.78 is 6.92. The summed E-state index contributed by atoms with van der Waals surface area (Å²) in [5.41, 5.74) is 2.24. The van der Waals surface area contributed by atoms with Gasteiger partial charge in [0.2, 0.25) is 5.91 Å². The smallest absolute Gasteiger partial charge is 0.306 e. The van der Waals surface area contributed by atoms with Crippen molar-refractivity contribution in [2.45, 2.75) is 46.1 Å². The van der Waals surface area contributed by atoms with E-state index in [1.807, 2.05) is 44.2 Å². The Morgan fingerprint density at radius 2 is 1.96 bits per heavy atom. The number of hydrogen-bond donors (Lipinski definition) is 1. The number of benzene rings is 1. The molecule has 0 fully saturated rings. The second-order valence-electron chi connectivity index (χ2n) is 5.97. The van der Waals surface area contributed by atoms with Gasteiger partial charge in [0, 0.05) is 24.9 Å². The normalized spacial score (nSPS) is 10.6. The van der Waals surface area contributed by atoms with E-state index in [1.54, 1.807) is 4.68 Å². The number of ether oxygens (including phenoxy) is 1. The second kappa shape index (κ2) is 9.97. The van der Waals surface area contributed by atoms with Gasteiger partial charge in [0.15, 0.2) is 0 Å². The molecule has 0 aliphatic rings. The molecule has 0 spiro atoms. The average molecular weight is 378 g/mol. The number of nitrogens with zero attached hydrogens (tertiary/aromatic N) is 2. The monoisotopic (exact) mass is 377 g/mol. The first kappa shape index (κ1) is 20.0. The number of nitrogens with one attached hydrogen (secondary N) is 1. The van der Waals surface area contributed by atoms with Gasteiger partial charge in [-0.1, -0.05) is 36.7 Å².